The highest BCUT2D eigenvalue weighted by atomic mass is 16.2. The summed E-state index contributed by atoms with van der Waals surface area (Å²) in [6.07, 6.45) is 5.92. The van der Waals surface area contributed by atoms with Crippen LogP contribution in [0.5, 0.6) is 0 Å². The fraction of sp³-hybridized carbons (Fsp3) is 0.333. The summed E-state index contributed by atoms with van der Waals surface area (Å²) in [5, 5.41) is 8.78. The first kappa shape index (κ1) is 16.9. The zero-order valence-electron chi connectivity index (χ0n) is 14.1. The summed E-state index contributed by atoms with van der Waals surface area (Å²) in [7, 11) is 0. The lowest BCUT2D eigenvalue weighted by atomic mass is 10.2. The van der Waals surface area contributed by atoms with E-state index in [9.17, 15) is 9.59 Å². The Kier molecular flexibility index (Phi) is 5.23. The van der Waals surface area contributed by atoms with Crippen LogP contribution in [0.25, 0.3) is 0 Å². The van der Waals surface area contributed by atoms with Crippen LogP contribution in [-0.2, 0) is 4.79 Å². The summed E-state index contributed by atoms with van der Waals surface area (Å²) in [5.74, 6) is 0.0161. The van der Waals surface area contributed by atoms with Gasteiger partial charge >= 0.3 is 0 Å². The van der Waals surface area contributed by atoms with Crippen molar-refractivity contribution in [3.8, 4) is 0 Å². The van der Waals surface area contributed by atoms with Gasteiger partial charge in [0, 0.05) is 30.5 Å². The predicted molar refractivity (Wildman–Crippen MR) is 95.8 cm³/mol. The van der Waals surface area contributed by atoms with E-state index < -0.39 is 0 Å². The third kappa shape index (κ3) is 4.76. The standard InChI is InChI=1S/C18H21N5O2/c1-12(24)20-14-7-4-8-15(11-14)22-18-19-10-9-16(23-18)17(25)21-13-5-2-3-6-13/h4,7-11,13H,2-3,5-6H2,1H3,(H,20,24)(H,21,25)(H,19,22,23). The van der Waals surface area contributed by atoms with Gasteiger partial charge in [-0.25, -0.2) is 9.97 Å². The molecule has 2 aromatic rings. The predicted octanol–water partition coefficient (Wildman–Crippen LogP) is 2.85. The highest BCUT2D eigenvalue weighted by Gasteiger charge is 2.18. The fourth-order valence-electron chi connectivity index (χ4n) is 2.88. The van der Waals surface area contributed by atoms with Crippen molar-refractivity contribution in [1.29, 1.82) is 0 Å². The Bertz CT molecular complexity index is 772. The zero-order chi connectivity index (χ0) is 17.6. The second-order valence-corrected chi connectivity index (χ2v) is 6.11. The molecule has 1 aliphatic carbocycles. The van der Waals surface area contributed by atoms with Crippen molar-refractivity contribution in [2.45, 2.75) is 38.6 Å². The molecule has 1 fully saturated rings. The summed E-state index contributed by atoms with van der Waals surface area (Å²) >= 11 is 0. The number of benzene rings is 1. The molecule has 3 rings (SSSR count). The molecular weight excluding hydrogens is 318 g/mol. The number of hydrogen-bond acceptors (Lipinski definition) is 5. The number of nitrogens with one attached hydrogen (secondary N) is 3. The van der Waals surface area contributed by atoms with Gasteiger partial charge in [0.25, 0.3) is 5.91 Å². The number of aromatic nitrogens is 2. The van der Waals surface area contributed by atoms with E-state index in [1.807, 2.05) is 12.1 Å². The van der Waals surface area contributed by atoms with E-state index in [0.29, 0.717) is 17.3 Å². The van der Waals surface area contributed by atoms with Crippen LogP contribution in [0.1, 0.15) is 43.1 Å². The Morgan fingerprint density at radius 2 is 1.88 bits per heavy atom. The SMILES string of the molecule is CC(=O)Nc1cccc(Nc2nccc(C(=O)NC3CCCC3)n2)c1. The Hall–Kier alpha value is -2.96. The van der Waals surface area contributed by atoms with Gasteiger partial charge in [0.1, 0.15) is 5.69 Å². The van der Waals surface area contributed by atoms with Crippen molar-refractivity contribution in [2.75, 3.05) is 10.6 Å². The quantitative estimate of drug-likeness (QED) is 0.778. The highest BCUT2D eigenvalue weighted by molar-refractivity contribution is 5.92. The number of rotatable bonds is 5. The van der Waals surface area contributed by atoms with E-state index in [1.165, 1.54) is 6.92 Å². The molecule has 7 nitrogen and oxygen atoms in total. The van der Waals surface area contributed by atoms with Crippen LogP contribution in [0.15, 0.2) is 36.5 Å². The molecule has 0 atom stereocenters. The Morgan fingerprint density at radius 1 is 1.12 bits per heavy atom. The van der Waals surface area contributed by atoms with Crippen LogP contribution in [-0.4, -0.2) is 27.8 Å². The van der Waals surface area contributed by atoms with Crippen molar-refractivity contribution >= 4 is 29.1 Å². The summed E-state index contributed by atoms with van der Waals surface area (Å²) in [5.41, 5.74) is 1.73. The number of carbonyl (C=O) groups is 2. The molecule has 0 radical (unpaired) electrons. The van der Waals surface area contributed by atoms with E-state index in [2.05, 4.69) is 25.9 Å². The number of anilines is 3. The molecule has 1 aromatic heterocycles. The van der Waals surface area contributed by atoms with E-state index >= 15 is 0 Å². The molecule has 2 amide bonds. The van der Waals surface area contributed by atoms with Crippen molar-refractivity contribution in [1.82, 2.24) is 15.3 Å². The minimum atomic E-state index is -0.177. The van der Waals surface area contributed by atoms with Crippen molar-refractivity contribution in [2.24, 2.45) is 0 Å². The fourth-order valence-corrected chi connectivity index (χ4v) is 2.88. The molecule has 7 heteroatoms. The average Bonchev–Trinajstić information content (AvgIpc) is 3.08. The number of amides is 2. The molecule has 1 aliphatic rings. The Balaban J connectivity index is 1.69. The average molecular weight is 339 g/mol. The number of nitrogens with zero attached hydrogens (tertiary/aromatic N) is 2. The first-order valence-electron chi connectivity index (χ1n) is 8.39. The Morgan fingerprint density at radius 3 is 2.64 bits per heavy atom. The van der Waals surface area contributed by atoms with Gasteiger partial charge in [-0.05, 0) is 37.1 Å². The molecule has 25 heavy (non-hydrogen) atoms. The third-order valence-corrected chi connectivity index (χ3v) is 4.02. The topological polar surface area (TPSA) is 96.0 Å². The molecule has 0 saturated heterocycles. The van der Waals surface area contributed by atoms with Gasteiger partial charge in [0.15, 0.2) is 0 Å². The molecule has 1 heterocycles. The summed E-state index contributed by atoms with van der Waals surface area (Å²) in [4.78, 5) is 31.9. The van der Waals surface area contributed by atoms with Gasteiger partial charge in [-0.3, -0.25) is 9.59 Å². The normalized spacial score (nSPS) is 14.1. The van der Waals surface area contributed by atoms with E-state index in [-0.39, 0.29) is 17.9 Å². The molecule has 1 aromatic carbocycles. The van der Waals surface area contributed by atoms with E-state index in [4.69, 9.17) is 0 Å². The van der Waals surface area contributed by atoms with E-state index in [1.54, 1.807) is 24.4 Å². The maximum absolute atomic E-state index is 12.3. The Labute approximate surface area is 146 Å². The van der Waals surface area contributed by atoms with Gasteiger partial charge in [0.05, 0.1) is 0 Å². The minimum Gasteiger partial charge on any atom is -0.348 e. The van der Waals surface area contributed by atoms with Crippen LogP contribution in [0.3, 0.4) is 0 Å². The summed E-state index contributed by atoms with van der Waals surface area (Å²) in [6.45, 7) is 1.45. The summed E-state index contributed by atoms with van der Waals surface area (Å²) in [6, 6.07) is 9.05. The highest BCUT2D eigenvalue weighted by Crippen LogP contribution is 2.19. The van der Waals surface area contributed by atoms with E-state index in [0.717, 1.165) is 31.4 Å². The molecular formula is C18H21N5O2. The van der Waals surface area contributed by atoms with Crippen LogP contribution in [0, 0.1) is 0 Å². The molecule has 0 aliphatic heterocycles. The van der Waals surface area contributed by atoms with Crippen molar-refractivity contribution in [3.05, 3.63) is 42.2 Å². The largest absolute Gasteiger partial charge is 0.348 e. The van der Waals surface area contributed by atoms with Gasteiger partial charge < -0.3 is 16.0 Å². The smallest absolute Gasteiger partial charge is 0.270 e. The van der Waals surface area contributed by atoms with Gasteiger partial charge in [0.2, 0.25) is 11.9 Å². The first-order valence-corrected chi connectivity index (χ1v) is 8.39. The minimum absolute atomic E-state index is 0.140. The second-order valence-electron chi connectivity index (χ2n) is 6.11. The van der Waals surface area contributed by atoms with Crippen LogP contribution >= 0.6 is 0 Å². The lowest BCUT2D eigenvalue weighted by molar-refractivity contribution is -0.114. The molecule has 0 unspecified atom stereocenters. The number of carbonyl (C=O) groups excluding carboxylic acids is 2. The third-order valence-electron chi connectivity index (χ3n) is 4.02. The maximum atomic E-state index is 12.3. The molecule has 1 saturated carbocycles. The van der Waals surface area contributed by atoms with Gasteiger partial charge in [-0.15, -0.1) is 0 Å². The monoisotopic (exact) mass is 339 g/mol. The maximum Gasteiger partial charge on any atom is 0.270 e. The number of hydrogen-bond donors (Lipinski definition) is 3. The second kappa shape index (κ2) is 7.74. The molecule has 3 N–H and O–H groups in total. The lowest BCUT2D eigenvalue weighted by Crippen LogP contribution is -2.33. The van der Waals surface area contributed by atoms with Crippen LogP contribution in [0.4, 0.5) is 17.3 Å². The van der Waals surface area contributed by atoms with Crippen LogP contribution in [0.2, 0.25) is 0 Å². The summed E-state index contributed by atoms with van der Waals surface area (Å²) < 4.78 is 0. The van der Waals surface area contributed by atoms with Crippen molar-refractivity contribution < 1.29 is 9.59 Å². The van der Waals surface area contributed by atoms with Gasteiger partial charge in [-0.2, -0.15) is 0 Å². The molecule has 0 bridgehead atoms. The molecule has 0 spiro atoms. The van der Waals surface area contributed by atoms with Gasteiger partial charge in [-0.1, -0.05) is 18.9 Å². The van der Waals surface area contributed by atoms with Crippen LogP contribution < -0.4 is 16.0 Å². The first-order chi connectivity index (χ1) is 12.1. The zero-order valence-corrected chi connectivity index (χ0v) is 14.1. The molecule has 130 valence electrons. The lowest BCUT2D eigenvalue weighted by Gasteiger charge is -2.12. The van der Waals surface area contributed by atoms with Crippen molar-refractivity contribution in [3.63, 3.8) is 0 Å².